The van der Waals surface area contributed by atoms with Crippen LogP contribution >= 0.6 is 0 Å². The van der Waals surface area contributed by atoms with Gasteiger partial charge in [0.2, 0.25) is 5.91 Å². The molecular weight excluding hydrogens is 418 g/mol. The Bertz CT molecular complexity index is 1390. The summed E-state index contributed by atoms with van der Waals surface area (Å²) in [6, 6.07) is 8.11. The van der Waals surface area contributed by atoms with Gasteiger partial charge in [0.25, 0.3) is 0 Å². The predicted octanol–water partition coefficient (Wildman–Crippen LogP) is 3.23. The molecule has 0 radical (unpaired) electrons. The highest BCUT2D eigenvalue weighted by Crippen LogP contribution is 2.25. The maximum absolute atomic E-state index is 14.1. The van der Waals surface area contributed by atoms with Gasteiger partial charge in [0, 0.05) is 18.7 Å². The molecule has 0 saturated heterocycles. The second-order valence-electron chi connectivity index (χ2n) is 7.81. The molecular formula is C22H20F2N6O2. The zero-order chi connectivity index (χ0) is 22.2. The van der Waals surface area contributed by atoms with E-state index in [0.29, 0.717) is 23.3 Å². The normalized spacial score (nSPS) is 13.7. The standard InChI is InChI=1S/C22H20F2N6O2/c23-13-5-7-16(24)15(10-13)21-26-17-8-6-14(11-18(17)27-21)25-20(31)12-30-22(32)29-9-3-1-2-4-19(29)28-30/h5-8,10-11H,1-4,9,12H2,(H,25,31)(H,26,27). The molecule has 164 valence electrons. The zero-order valence-corrected chi connectivity index (χ0v) is 17.1. The van der Waals surface area contributed by atoms with Crippen molar-refractivity contribution in [2.45, 2.75) is 38.8 Å². The summed E-state index contributed by atoms with van der Waals surface area (Å²) in [7, 11) is 0. The predicted molar refractivity (Wildman–Crippen MR) is 114 cm³/mol. The number of hydrogen-bond acceptors (Lipinski definition) is 4. The van der Waals surface area contributed by atoms with Crippen LogP contribution in [-0.2, 0) is 24.3 Å². The zero-order valence-electron chi connectivity index (χ0n) is 17.1. The molecule has 32 heavy (non-hydrogen) atoms. The van der Waals surface area contributed by atoms with Crippen LogP contribution in [0.25, 0.3) is 22.4 Å². The Kier molecular flexibility index (Phi) is 5.04. The first-order valence-corrected chi connectivity index (χ1v) is 10.4. The fourth-order valence-electron chi connectivity index (χ4n) is 3.96. The van der Waals surface area contributed by atoms with Gasteiger partial charge >= 0.3 is 5.69 Å². The average Bonchev–Trinajstić information content (AvgIpc) is 3.21. The third kappa shape index (κ3) is 3.79. The molecule has 4 aromatic rings. The number of aromatic amines is 1. The van der Waals surface area contributed by atoms with Crippen LogP contribution in [0.15, 0.2) is 41.2 Å². The summed E-state index contributed by atoms with van der Waals surface area (Å²) >= 11 is 0. The maximum atomic E-state index is 14.1. The quantitative estimate of drug-likeness (QED) is 0.511. The Labute approximate surface area is 180 Å². The van der Waals surface area contributed by atoms with E-state index in [1.54, 1.807) is 22.8 Å². The van der Waals surface area contributed by atoms with Crippen molar-refractivity contribution < 1.29 is 13.6 Å². The molecule has 0 atom stereocenters. The van der Waals surface area contributed by atoms with Gasteiger partial charge in [0.1, 0.15) is 29.8 Å². The molecule has 5 rings (SSSR count). The first-order valence-electron chi connectivity index (χ1n) is 10.4. The van der Waals surface area contributed by atoms with Crippen LogP contribution in [0.4, 0.5) is 14.5 Å². The number of imidazole rings is 1. The first-order chi connectivity index (χ1) is 15.5. The third-order valence-corrected chi connectivity index (χ3v) is 5.52. The molecule has 1 aliphatic heterocycles. The summed E-state index contributed by atoms with van der Waals surface area (Å²) < 4.78 is 30.4. The van der Waals surface area contributed by atoms with Crippen molar-refractivity contribution in [1.29, 1.82) is 0 Å². The van der Waals surface area contributed by atoms with Gasteiger partial charge in [0.15, 0.2) is 0 Å². The molecule has 1 amide bonds. The van der Waals surface area contributed by atoms with E-state index in [9.17, 15) is 18.4 Å². The number of hydrogen-bond donors (Lipinski definition) is 2. The largest absolute Gasteiger partial charge is 0.346 e. The van der Waals surface area contributed by atoms with Crippen LogP contribution in [0.3, 0.4) is 0 Å². The number of carbonyl (C=O) groups is 1. The minimum absolute atomic E-state index is 0.0192. The summed E-state index contributed by atoms with van der Waals surface area (Å²) in [5.74, 6) is -0.650. The van der Waals surface area contributed by atoms with Crippen LogP contribution in [-0.4, -0.2) is 30.2 Å². The van der Waals surface area contributed by atoms with E-state index in [-0.39, 0.29) is 23.6 Å². The highest BCUT2D eigenvalue weighted by molar-refractivity contribution is 5.93. The summed E-state index contributed by atoms with van der Waals surface area (Å²) in [5, 5.41) is 7.06. The van der Waals surface area contributed by atoms with Crippen molar-refractivity contribution in [3.05, 3.63) is 64.3 Å². The number of halogens is 2. The number of benzene rings is 2. The highest BCUT2D eigenvalue weighted by Gasteiger charge is 2.18. The number of amides is 1. The lowest BCUT2D eigenvalue weighted by Crippen LogP contribution is -2.30. The van der Waals surface area contributed by atoms with Crippen molar-refractivity contribution in [3.63, 3.8) is 0 Å². The van der Waals surface area contributed by atoms with E-state index in [1.807, 2.05) is 0 Å². The number of anilines is 1. The second kappa shape index (κ2) is 8.03. The lowest BCUT2D eigenvalue weighted by molar-refractivity contribution is -0.117. The lowest BCUT2D eigenvalue weighted by atomic mass is 10.2. The van der Waals surface area contributed by atoms with Gasteiger partial charge in [-0.2, -0.15) is 5.10 Å². The SMILES string of the molecule is O=C(Cn1nc2n(c1=O)CCCCC2)Nc1ccc2nc(-c3cc(F)ccc3F)[nH]c2c1. The van der Waals surface area contributed by atoms with Crippen molar-refractivity contribution in [1.82, 2.24) is 24.3 Å². The summed E-state index contributed by atoms with van der Waals surface area (Å²) in [4.78, 5) is 32.3. The van der Waals surface area contributed by atoms with Crippen molar-refractivity contribution in [3.8, 4) is 11.4 Å². The molecule has 0 bridgehead atoms. The number of aryl methyl sites for hydroxylation is 1. The lowest BCUT2D eigenvalue weighted by Gasteiger charge is -2.05. The van der Waals surface area contributed by atoms with Gasteiger partial charge in [0.05, 0.1) is 16.6 Å². The van der Waals surface area contributed by atoms with Gasteiger partial charge in [-0.1, -0.05) is 6.42 Å². The summed E-state index contributed by atoms with van der Waals surface area (Å²) in [6.07, 6.45) is 3.70. The number of H-pyrrole nitrogens is 1. The minimum atomic E-state index is -0.595. The molecule has 2 aromatic carbocycles. The Balaban J connectivity index is 1.35. The monoisotopic (exact) mass is 438 g/mol. The number of carbonyl (C=O) groups excluding carboxylic acids is 1. The molecule has 0 fully saturated rings. The molecule has 0 saturated carbocycles. The van der Waals surface area contributed by atoms with Gasteiger partial charge in [-0.15, -0.1) is 0 Å². The smallest absolute Gasteiger partial charge is 0.338 e. The van der Waals surface area contributed by atoms with Crippen molar-refractivity contribution in [2.75, 3.05) is 5.32 Å². The van der Waals surface area contributed by atoms with Crippen molar-refractivity contribution in [2.24, 2.45) is 0 Å². The molecule has 2 N–H and O–H groups in total. The molecule has 0 aliphatic carbocycles. The summed E-state index contributed by atoms with van der Waals surface area (Å²) in [6.45, 7) is 0.431. The molecule has 2 aromatic heterocycles. The Morgan fingerprint density at radius 3 is 2.88 bits per heavy atom. The third-order valence-electron chi connectivity index (χ3n) is 5.52. The first kappa shape index (κ1) is 20.1. The Hall–Kier alpha value is -3.82. The number of rotatable bonds is 4. The molecule has 10 heteroatoms. The maximum Gasteiger partial charge on any atom is 0.346 e. The molecule has 0 unspecified atom stereocenters. The average molecular weight is 438 g/mol. The molecule has 3 heterocycles. The number of fused-ring (bicyclic) bond motifs is 2. The topological polar surface area (TPSA) is 97.6 Å². The fraction of sp³-hybridized carbons (Fsp3) is 0.273. The van der Waals surface area contributed by atoms with Gasteiger partial charge in [-0.3, -0.25) is 9.36 Å². The Morgan fingerprint density at radius 2 is 2.00 bits per heavy atom. The van der Waals surface area contributed by atoms with Crippen LogP contribution < -0.4 is 11.0 Å². The van der Waals surface area contributed by atoms with Gasteiger partial charge < -0.3 is 10.3 Å². The fourth-order valence-corrected chi connectivity index (χ4v) is 3.96. The molecule has 1 aliphatic rings. The number of nitrogens with one attached hydrogen (secondary N) is 2. The van der Waals surface area contributed by atoms with E-state index in [4.69, 9.17) is 0 Å². The van der Waals surface area contributed by atoms with E-state index in [2.05, 4.69) is 20.4 Å². The Morgan fingerprint density at radius 1 is 1.12 bits per heavy atom. The van der Waals surface area contributed by atoms with Crippen LogP contribution in [0.1, 0.15) is 25.1 Å². The molecule has 8 nitrogen and oxygen atoms in total. The second-order valence-corrected chi connectivity index (χ2v) is 7.81. The number of nitrogens with zero attached hydrogens (tertiary/aromatic N) is 4. The van der Waals surface area contributed by atoms with Gasteiger partial charge in [-0.05, 0) is 49.2 Å². The minimum Gasteiger partial charge on any atom is -0.338 e. The van der Waals surface area contributed by atoms with Crippen LogP contribution in [0.2, 0.25) is 0 Å². The van der Waals surface area contributed by atoms with E-state index in [0.717, 1.165) is 49.7 Å². The summed E-state index contributed by atoms with van der Waals surface area (Å²) in [5.41, 5.74) is 1.31. The van der Waals surface area contributed by atoms with E-state index >= 15 is 0 Å². The molecule has 0 spiro atoms. The van der Waals surface area contributed by atoms with Crippen molar-refractivity contribution >= 4 is 22.6 Å². The van der Waals surface area contributed by atoms with E-state index in [1.165, 1.54) is 4.68 Å². The van der Waals surface area contributed by atoms with Gasteiger partial charge in [-0.25, -0.2) is 23.2 Å². The van der Waals surface area contributed by atoms with Crippen LogP contribution in [0.5, 0.6) is 0 Å². The van der Waals surface area contributed by atoms with Crippen LogP contribution in [0, 0.1) is 11.6 Å². The van der Waals surface area contributed by atoms with E-state index < -0.39 is 17.5 Å². The highest BCUT2D eigenvalue weighted by atomic mass is 19.1. The number of aromatic nitrogens is 5.